The Balaban J connectivity index is 1.86. The van der Waals surface area contributed by atoms with Crippen molar-refractivity contribution in [3.05, 3.63) is 59.7 Å². The Kier molecular flexibility index (Phi) is 9.52. The Morgan fingerprint density at radius 1 is 0.871 bits per heavy atom. The maximum Gasteiger partial charge on any atom is 0.416 e. The first-order chi connectivity index (χ1) is 14.8. The van der Waals surface area contributed by atoms with Crippen LogP contribution in [0.5, 0.6) is 0 Å². The first kappa shape index (κ1) is 24.4. The molecule has 8 heteroatoms. The second-order valence-electron chi connectivity index (χ2n) is 7.25. The largest absolute Gasteiger partial charge is 0.416 e. The zero-order chi connectivity index (χ0) is 22.7. The Labute approximate surface area is 180 Å². The molecule has 168 valence electrons. The molecule has 31 heavy (non-hydrogen) atoms. The third-order valence-corrected chi connectivity index (χ3v) is 4.60. The second-order valence-corrected chi connectivity index (χ2v) is 7.25. The summed E-state index contributed by atoms with van der Waals surface area (Å²) in [7, 11) is 0. The van der Waals surface area contributed by atoms with Gasteiger partial charge in [0.1, 0.15) is 0 Å². The van der Waals surface area contributed by atoms with Crippen molar-refractivity contribution >= 4 is 23.2 Å². The molecule has 0 fully saturated rings. The standard InChI is InChI=1S/C23H28F3N3O2/c1-2-3-4-5-6-13-27-16-21(30)28-19-11-7-9-17(14-19)22(31)29-20-12-8-10-18(15-20)23(24,25)26/h7-12,14-15,27H,2-6,13,16H2,1H3,(H,28,30)(H,29,31). The predicted octanol–water partition coefficient (Wildman–Crippen LogP) is 5.46. The average Bonchev–Trinajstić information content (AvgIpc) is 2.73. The third-order valence-electron chi connectivity index (χ3n) is 4.60. The van der Waals surface area contributed by atoms with Crippen LogP contribution in [0.3, 0.4) is 0 Å². The number of anilines is 2. The van der Waals surface area contributed by atoms with Crippen LogP contribution in [0, 0.1) is 0 Å². The summed E-state index contributed by atoms with van der Waals surface area (Å²) in [4.78, 5) is 24.5. The maximum absolute atomic E-state index is 12.8. The van der Waals surface area contributed by atoms with Crippen molar-refractivity contribution in [1.29, 1.82) is 0 Å². The normalized spacial score (nSPS) is 11.2. The van der Waals surface area contributed by atoms with Gasteiger partial charge in [0.15, 0.2) is 0 Å². The van der Waals surface area contributed by atoms with E-state index in [0.717, 1.165) is 31.5 Å². The predicted molar refractivity (Wildman–Crippen MR) is 116 cm³/mol. The lowest BCUT2D eigenvalue weighted by Gasteiger charge is -2.11. The molecule has 2 aromatic rings. The molecule has 0 atom stereocenters. The number of hydrogen-bond donors (Lipinski definition) is 3. The number of nitrogens with one attached hydrogen (secondary N) is 3. The van der Waals surface area contributed by atoms with Crippen LogP contribution >= 0.6 is 0 Å². The number of hydrogen-bond acceptors (Lipinski definition) is 3. The van der Waals surface area contributed by atoms with Crippen molar-refractivity contribution in [1.82, 2.24) is 5.32 Å². The molecule has 0 unspecified atom stereocenters. The molecular weight excluding hydrogens is 407 g/mol. The molecular formula is C23H28F3N3O2. The summed E-state index contributed by atoms with van der Waals surface area (Å²) in [6.07, 6.45) is 1.25. The van der Waals surface area contributed by atoms with E-state index in [1.54, 1.807) is 12.1 Å². The van der Waals surface area contributed by atoms with Crippen molar-refractivity contribution < 1.29 is 22.8 Å². The Bertz CT molecular complexity index is 869. The molecule has 0 saturated heterocycles. The smallest absolute Gasteiger partial charge is 0.325 e. The molecule has 0 radical (unpaired) electrons. The van der Waals surface area contributed by atoms with Gasteiger partial charge in [-0.3, -0.25) is 9.59 Å². The highest BCUT2D eigenvalue weighted by Gasteiger charge is 2.30. The molecule has 0 bridgehead atoms. The summed E-state index contributed by atoms with van der Waals surface area (Å²) >= 11 is 0. The highest BCUT2D eigenvalue weighted by atomic mass is 19.4. The lowest BCUT2D eigenvalue weighted by molar-refractivity contribution is -0.137. The van der Waals surface area contributed by atoms with Gasteiger partial charge in [0.05, 0.1) is 12.1 Å². The maximum atomic E-state index is 12.8. The molecule has 3 N–H and O–H groups in total. The Morgan fingerprint density at radius 3 is 2.26 bits per heavy atom. The van der Waals surface area contributed by atoms with Gasteiger partial charge in [-0.25, -0.2) is 0 Å². The van der Waals surface area contributed by atoms with E-state index < -0.39 is 17.6 Å². The van der Waals surface area contributed by atoms with E-state index in [-0.39, 0.29) is 23.7 Å². The molecule has 2 rings (SSSR count). The van der Waals surface area contributed by atoms with Crippen LogP contribution in [-0.2, 0) is 11.0 Å². The number of benzene rings is 2. The molecule has 0 aliphatic heterocycles. The summed E-state index contributed by atoms with van der Waals surface area (Å²) in [6, 6.07) is 10.7. The number of carbonyl (C=O) groups excluding carboxylic acids is 2. The Hall–Kier alpha value is -2.87. The molecule has 0 aliphatic rings. The van der Waals surface area contributed by atoms with Crippen LogP contribution < -0.4 is 16.0 Å². The lowest BCUT2D eigenvalue weighted by Crippen LogP contribution is -2.28. The van der Waals surface area contributed by atoms with Crippen molar-refractivity contribution in [2.24, 2.45) is 0 Å². The third kappa shape index (κ3) is 8.80. The summed E-state index contributed by atoms with van der Waals surface area (Å²) < 4.78 is 38.5. The van der Waals surface area contributed by atoms with E-state index in [1.165, 1.54) is 43.5 Å². The minimum atomic E-state index is -4.49. The lowest BCUT2D eigenvalue weighted by atomic mass is 10.1. The number of unbranched alkanes of at least 4 members (excludes halogenated alkanes) is 4. The summed E-state index contributed by atoms with van der Waals surface area (Å²) in [5.41, 5.74) is -0.146. The van der Waals surface area contributed by atoms with E-state index >= 15 is 0 Å². The highest BCUT2D eigenvalue weighted by Crippen LogP contribution is 2.30. The highest BCUT2D eigenvalue weighted by molar-refractivity contribution is 6.05. The quantitative estimate of drug-likeness (QED) is 0.411. The van der Waals surface area contributed by atoms with Gasteiger partial charge in [0.2, 0.25) is 5.91 Å². The van der Waals surface area contributed by atoms with E-state index in [0.29, 0.717) is 5.69 Å². The summed E-state index contributed by atoms with van der Waals surface area (Å²) in [6.45, 7) is 3.08. The van der Waals surface area contributed by atoms with Gasteiger partial charge in [-0.1, -0.05) is 44.7 Å². The fourth-order valence-corrected chi connectivity index (χ4v) is 2.98. The van der Waals surface area contributed by atoms with Gasteiger partial charge < -0.3 is 16.0 Å². The molecule has 0 saturated carbocycles. The molecule has 0 heterocycles. The fourth-order valence-electron chi connectivity index (χ4n) is 2.98. The van der Waals surface area contributed by atoms with Crippen LogP contribution in [0.2, 0.25) is 0 Å². The zero-order valence-electron chi connectivity index (χ0n) is 17.5. The number of alkyl halides is 3. The minimum absolute atomic E-state index is 0.0393. The van der Waals surface area contributed by atoms with Crippen molar-refractivity contribution in [3.8, 4) is 0 Å². The number of halogens is 3. The topological polar surface area (TPSA) is 70.2 Å². The first-order valence-electron chi connectivity index (χ1n) is 10.4. The Morgan fingerprint density at radius 2 is 1.55 bits per heavy atom. The van der Waals surface area contributed by atoms with Gasteiger partial charge in [0.25, 0.3) is 5.91 Å². The van der Waals surface area contributed by atoms with E-state index in [1.807, 2.05) is 0 Å². The summed E-state index contributed by atoms with van der Waals surface area (Å²) in [5, 5.41) is 8.25. The van der Waals surface area contributed by atoms with Gasteiger partial charge in [-0.15, -0.1) is 0 Å². The second kappa shape index (κ2) is 12.1. The van der Waals surface area contributed by atoms with Crippen molar-refractivity contribution in [3.63, 3.8) is 0 Å². The molecule has 5 nitrogen and oxygen atoms in total. The molecule has 2 aromatic carbocycles. The van der Waals surface area contributed by atoms with E-state index in [9.17, 15) is 22.8 Å². The molecule has 0 spiro atoms. The fraction of sp³-hybridized carbons (Fsp3) is 0.391. The van der Waals surface area contributed by atoms with Crippen LogP contribution in [0.4, 0.5) is 24.5 Å². The van der Waals surface area contributed by atoms with Gasteiger partial charge in [-0.2, -0.15) is 13.2 Å². The SMILES string of the molecule is CCCCCCCNCC(=O)Nc1cccc(C(=O)Nc2cccc(C(F)(F)F)c2)c1. The summed E-state index contributed by atoms with van der Waals surface area (Å²) in [5.74, 6) is -0.801. The van der Waals surface area contributed by atoms with Gasteiger partial charge >= 0.3 is 6.18 Å². The van der Waals surface area contributed by atoms with Crippen LogP contribution in [0.15, 0.2) is 48.5 Å². The van der Waals surface area contributed by atoms with E-state index in [4.69, 9.17) is 0 Å². The number of amides is 2. The van der Waals surface area contributed by atoms with E-state index in [2.05, 4.69) is 22.9 Å². The molecule has 2 amide bonds. The van der Waals surface area contributed by atoms with Crippen LogP contribution in [0.25, 0.3) is 0 Å². The average molecular weight is 435 g/mol. The minimum Gasteiger partial charge on any atom is -0.325 e. The first-order valence-corrected chi connectivity index (χ1v) is 10.4. The molecule has 0 aliphatic carbocycles. The monoisotopic (exact) mass is 435 g/mol. The number of rotatable bonds is 11. The van der Waals surface area contributed by atoms with Crippen LogP contribution in [-0.4, -0.2) is 24.9 Å². The van der Waals surface area contributed by atoms with Crippen LogP contribution in [0.1, 0.15) is 54.9 Å². The van der Waals surface area contributed by atoms with Gasteiger partial charge in [0, 0.05) is 16.9 Å². The number of carbonyl (C=O) groups is 2. The zero-order valence-corrected chi connectivity index (χ0v) is 17.5. The van der Waals surface area contributed by atoms with Crippen molar-refractivity contribution in [2.75, 3.05) is 23.7 Å². The van der Waals surface area contributed by atoms with Crippen molar-refractivity contribution in [2.45, 2.75) is 45.2 Å². The molecule has 0 aromatic heterocycles. The van der Waals surface area contributed by atoms with Gasteiger partial charge in [-0.05, 0) is 49.4 Å².